The number of hydrogen-bond donors (Lipinski definition) is 1. The van der Waals surface area contributed by atoms with Crippen LogP contribution >= 0.6 is 11.6 Å². The highest BCUT2D eigenvalue weighted by atomic mass is 35.5. The molecule has 0 fully saturated rings. The first-order valence-corrected chi connectivity index (χ1v) is 9.07. The highest BCUT2D eigenvalue weighted by molar-refractivity contribution is 6.34. The Hall–Kier alpha value is -3.11. The number of carbonyl (C=O) groups is 1. The molecule has 0 aliphatic carbocycles. The quantitative estimate of drug-likeness (QED) is 0.478. The van der Waals surface area contributed by atoms with Gasteiger partial charge in [0.15, 0.2) is 5.58 Å². The van der Waals surface area contributed by atoms with Crippen LogP contribution in [-0.4, -0.2) is 10.9 Å². The molecule has 1 N–H and O–H groups in total. The Labute approximate surface area is 161 Å². The van der Waals surface area contributed by atoms with Gasteiger partial charge in [0.25, 0.3) is 5.91 Å². The first-order valence-electron chi connectivity index (χ1n) is 8.70. The maximum Gasteiger partial charge on any atom is 0.255 e. The fourth-order valence-corrected chi connectivity index (χ4v) is 3.00. The number of halogens is 1. The molecular formula is C22H17ClN2O2. The zero-order valence-electron chi connectivity index (χ0n) is 14.7. The molecule has 0 unspecified atom stereocenters. The lowest BCUT2D eigenvalue weighted by molar-refractivity contribution is 0.102. The molecular weight excluding hydrogens is 360 g/mol. The van der Waals surface area contributed by atoms with Crippen LogP contribution in [0.5, 0.6) is 0 Å². The molecule has 0 spiro atoms. The predicted octanol–water partition coefficient (Wildman–Crippen LogP) is 5.96. The summed E-state index contributed by atoms with van der Waals surface area (Å²) in [5.74, 6) is 0.268. The molecule has 0 radical (unpaired) electrons. The summed E-state index contributed by atoms with van der Waals surface area (Å²) in [4.78, 5) is 17.0. The number of hydrogen-bond acceptors (Lipinski definition) is 3. The average molecular weight is 377 g/mol. The Morgan fingerprint density at radius 2 is 1.85 bits per heavy atom. The van der Waals surface area contributed by atoms with Crippen LogP contribution in [0.4, 0.5) is 5.69 Å². The second-order valence-corrected chi connectivity index (χ2v) is 6.59. The molecule has 27 heavy (non-hydrogen) atoms. The monoisotopic (exact) mass is 376 g/mol. The fourth-order valence-electron chi connectivity index (χ4n) is 2.84. The van der Waals surface area contributed by atoms with Gasteiger partial charge in [-0.2, -0.15) is 0 Å². The molecule has 4 rings (SSSR count). The summed E-state index contributed by atoms with van der Waals surface area (Å²) in [6.07, 6.45) is 0.931. The van der Waals surface area contributed by atoms with Gasteiger partial charge < -0.3 is 9.73 Å². The summed E-state index contributed by atoms with van der Waals surface area (Å²) < 4.78 is 5.80. The van der Waals surface area contributed by atoms with Gasteiger partial charge in [-0.3, -0.25) is 4.79 Å². The smallest absolute Gasteiger partial charge is 0.255 e. The van der Waals surface area contributed by atoms with E-state index in [9.17, 15) is 4.79 Å². The number of fused-ring (bicyclic) bond motifs is 1. The molecule has 134 valence electrons. The number of aromatic nitrogens is 1. The molecule has 4 aromatic rings. The van der Waals surface area contributed by atoms with Crippen molar-refractivity contribution in [1.29, 1.82) is 0 Å². The van der Waals surface area contributed by atoms with Crippen molar-refractivity contribution in [3.8, 4) is 11.5 Å². The van der Waals surface area contributed by atoms with Gasteiger partial charge in [0, 0.05) is 11.1 Å². The molecule has 4 nitrogen and oxygen atoms in total. The largest absolute Gasteiger partial charge is 0.436 e. The van der Waals surface area contributed by atoms with Crippen molar-refractivity contribution in [2.45, 2.75) is 13.3 Å². The van der Waals surface area contributed by atoms with Crippen molar-refractivity contribution >= 4 is 34.3 Å². The van der Waals surface area contributed by atoms with E-state index in [4.69, 9.17) is 16.0 Å². The number of anilines is 1. The van der Waals surface area contributed by atoms with E-state index in [1.54, 1.807) is 12.1 Å². The lowest BCUT2D eigenvalue weighted by Crippen LogP contribution is -2.12. The number of rotatable bonds is 4. The maximum atomic E-state index is 12.5. The summed E-state index contributed by atoms with van der Waals surface area (Å²) in [5, 5.41) is 3.32. The van der Waals surface area contributed by atoms with Gasteiger partial charge in [0.2, 0.25) is 5.89 Å². The highest BCUT2D eigenvalue weighted by Gasteiger charge is 2.13. The molecule has 0 aliphatic heterocycles. The number of amides is 1. The molecule has 0 bridgehead atoms. The molecule has 1 heterocycles. The average Bonchev–Trinajstić information content (AvgIpc) is 3.14. The van der Waals surface area contributed by atoms with E-state index in [2.05, 4.69) is 17.2 Å². The van der Waals surface area contributed by atoms with Gasteiger partial charge in [0.1, 0.15) is 5.52 Å². The SMILES string of the molecule is CCc1ccc(C(=O)Nc2cc(-c3nc4ccccc4o3)ccc2Cl)cc1. The van der Waals surface area contributed by atoms with Gasteiger partial charge in [-0.05, 0) is 54.4 Å². The van der Waals surface area contributed by atoms with Crippen LogP contribution in [0.25, 0.3) is 22.6 Å². The summed E-state index contributed by atoms with van der Waals surface area (Å²) in [6, 6.07) is 20.4. The van der Waals surface area contributed by atoms with Crippen molar-refractivity contribution < 1.29 is 9.21 Å². The predicted molar refractivity (Wildman–Crippen MR) is 108 cm³/mol. The molecule has 0 aliphatic rings. The van der Waals surface area contributed by atoms with Crippen molar-refractivity contribution in [3.63, 3.8) is 0 Å². The molecule has 1 amide bonds. The third kappa shape index (κ3) is 3.57. The van der Waals surface area contributed by atoms with Crippen molar-refractivity contribution in [1.82, 2.24) is 4.98 Å². The maximum absolute atomic E-state index is 12.5. The van der Waals surface area contributed by atoms with Gasteiger partial charge in [-0.25, -0.2) is 4.98 Å². The Balaban J connectivity index is 1.62. The van der Waals surface area contributed by atoms with E-state index in [1.807, 2.05) is 54.6 Å². The molecule has 5 heteroatoms. The summed E-state index contributed by atoms with van der Waals surface area (Å²) in [7, 11) is 0. The van der Waals surface area contributed by atoms with E-state index in [1.165, 1.54) is 5.56 Å². The highest BCUT2D eigenvalue weighted by Crippen LogP contribution is 2.30. The van der Waals surface area contributed by atoms with Gasteiger partial charge in [0.05, 0.1) is 10.7 Å². The lowest BCUT2D eigenvalue weighted by atomic mass is 10.1. The van der Waals surface area contributed by atoms with Crippen molar-refractivity contribution in [3.05, 3.63) is 82.9 Å². The van der Waals surface area contributed by atoms with Crippen LogP contribution in [0.15, 0.2) is 71.1 Å². The van der Waals surface area contributed by atoms with Crippen LogP contribution < -0.4 is 5.32 Å². The zero-order valence-corrected chi connectivity index (χ0v) is 15.5. The summed E-state index contributed by atoms with van der Waals surface area (Å²) in [6.45, 7) is 2.08. The minimum absolute atomic E-state index is 0.214. The van der Waals surface area contributed by atoms with Crippen LogP contribution in [0, 0.1) is 0 Å². The Morgan fingerprint density at radius 1 is 1.07 bits per heavy atom. The number of carbonyl (C=O) groups excluding carboxylic acids is 1. The lowest BCUT2D eigenvalue weighted by Gasteiger charge is -2.09. The fraction of sp³-hybridized carbons (Fsp3) is 0.0909. The second kappa shape index (κ2) is 7.25. The minimum atomic E-state index is -0.214. The number of nitrogens with one attached hydrogen (secondary N) is 1. The molecule has 0 atom stereocenters. The van der Waals surface area contributed by atoms with Crippen molar-refractivity contribution in [2.24, 2.45) is 0 Å². The molecule has 0 saturated heterocycles. The third-order valence-corrected chi connectivity index (χ3v) is 4.71. The molecule has 0 saturated carbocycles. The number of oxazole rings is 1. The van der Waals surface area contributed by atoms with Crippen LogP contribution in [0.1, 0.15) is 22.8 Å². The Kier molecular flexibility index (Phi) is 4.65. The standard InChI is InChI=1S/C22H17ClN2O2/c1-2-14-7-9-15(10-8-14)21(26)24-19-13-16(11-12-17(19)23)22-25-18-5-3-4-6-20(18)27-22/h3-13H,2H2,1H3,(H,24,26). The first-order chi connectivity index (χ1) is 13.1. The first kappa shape index (κ1) is 17.3. The van der Waals surface area contributed by atoms with E-state index in [-0.39, 0.29) is 5.91 Å². The Bertz CT molecular complexity index is 1080. The van der Waals surface area contributed by atoms with E-state index in [0.717, 1.165) is 17.5 Å². The van der Waals surface area contributed by atoms with Crippen LogP contribution in [-0.2, 0) is 6.42 Å². The van der Waals surface area contributed by atoms with E-state index in [0.29, 0.717) is 27.7 Å². The van der Waals surface area contributed by atoms with Crippen molar-refractivity contribution in [2.75, 3.05) is 5.32 Å². The summed E-state index contributed by atoms with van der Waals surface area (Å²) >= 11 is 6.28. The van der Waals surface area contributed by atoms with Gasteiger partial charge in [-0.15, -0.1) is 0 Å². The topological polar surface area (TPSA) is 55.1 Å². The third-order valence-electron chi connectivity index (χ3n) is 4.38. The number of aryl methyl sites for hydroxylation is 1. The number of nitrogens with zero attached hydrogens (tertiary/aromatic N) is 1. The number of benzene rings is 3. The molecule has 3 aromatic carbocycles. The van der Waals surface area contributed by atoms with Crippen LogP contribution in [0.3, 0.4) is 0 Å². The van der Waals surface area contributed by atoms with Crippen LogP contribution in [0.2, 0.25) is 5.02 Å². The zero-order chi connectivity index (χ0) is 18.8. The Morgan fingerprint density at radius 3 is 2.59 bits per heavy atom. The number of para-hydroxylation sites is 2. The van der Waals surface area contributed by atoms with Gasteiger partial charge in [-0.1, -0.05) is 42.8 Å². The normalized spacial score (nSPS) is 10.9. The van der Waals surface area contributed by atoms with Gasteiger partial charge >= 0.3 is 0 Å². The van der Waals surface area contributed by atoms with E-state index >= 15 is 0 Å². The molecule has 1 aromatic heterocycles. The summed E-state index contributed by atoms with van der Waals surface area (Å²) in [5.41, 5.74) is 4.51. The van der Waals surface area contributed by atoms with E-state index < -0.39 is 0 Å². The second-order valence-electron chi connectivity index (χ2n) is 6.19. The minimum Gasteiger partial charge on any atom is -0.436 e.